The molecule has 130 valence electrons. The Morgan fingerprint density at radius 1 is 1.30 bits per heavy atom. The molecule has 1 N–H and O–H groups in total. The molecule has 0 atom stereocenters. The zero-order chi connectivity index (χ0) is 17.3. The molecule has 1 rings (SSSR count). The number of rotatable bonds is 10. The monoisotopic (exact) mass is 342 g/mol. The average molecular weight is 342 g/mol. The number of methoxy groups -OCH3 is 1. The number of nitrogens with zero attached hydrogens (tertiary/aromatic N) is 1. The molecule has 0 aliphatic carbocycles. The highest BCUT2D eigenvalue weighted by atomic mass is 32.2. The second-order valence-electron chi connectivity index (χ2n) is 5.32. The second-order valence-corrected chi connectivity index (χ2v) is 7.25. The third-order valence-electron chi connectivity index (χ3n) is 3.47. The number of nitrogens with one attached hydrogen (secondary N) is 1. The minimum Gasteiger partial charge on any atom is -0.496 e. The predicted octanol–water partition coefficient (Wildman–Crippen LogP) is 1.76. The first-order valence-electron chi connectivity index (χ1n) is 7.74. The third-order valence-corrected chi connectivity index (χ3v) is 4.94. The van der Waals surface area contributed by atoms with E-state index in [4.69, 9.17) is 4.74 Å². The first kappa shape index (κ1) is 19.4. The van der Waals surface area contributed by atoms with Crippen molar-refractivity contribution in [3.63, 3.8) is 0 Å². The van der Waals surface area contributed by atoms with E-state index in [2.05, 4.69) is 4.72 Å². The molecule has 0 radical (unpaired) electrons. The average Bonchev–Trinajstić information content (AvgIpc) is 2.52. The van der Waals surface area contributed by atoms with Gasteiger partial charge in [-0.05, 0) is 12.5 Å². The first-order valence-corrected chi connectivity index (χ1v) is 9.39. The van der Waals surface area contributed by atoms with Gasteiger partial charge < -0.3 is 9.64 Å². The van der Waals surface area contributed by atoms with Gasteiger partial charge in [-0.25, -0.2) is 13.1 Å². The lowest BCUT2D eigenvalue weighted by molar-refractivity contribution is -0.129. The van der Waals surface area contributed by atoms with Crippen LogP contribution >= 0.6 is 0 Å². The van der Waals surface area contributed by atoms with E-state index in [0.29, 0.717) is 25.3 Å². The van der Waals surface area contributed by atoms with Crippen LogP contribution < -0.4 is 9.46 Å². The zero-order valence-corrected chi connectivity index (χ0v) is 14.9. The minimum atomic E-state index is -3.26. The van der Waals surface area contributed by atoms with Gasteiger partial charge in [0.25, 0.3) is 0 Å². The number of carbonyl (C=O) groups excluding carboxylic acids is 1. The van der Waals surface area contributed by atoms with Gasteiger partial charge in [-0.1, -0.05) is 31.5 Å². The number of hydrogen-bond donors (Lipinski definition) is 1. The number of amides is 1. The summed E-state index contributed by atoms with van der Waals surface area (Å²) in [6, 6.07) is 7.47. The molecule has 0 bridgehead atoms. The Balaban J connectivity index is 2.61. The lowest BCUT2D eigenvalue weighted by Gasteiger charge is -2.22. The van der Waals surface area contributed by atoms with Crippen molar-refractivity contribution in [3.05, 3.63) is 29.8 Å². The molecular formula is C16H26N2O4S. The molecule has 0 spiro atoms. The number of hydrogen-bond acceptors (Lipinski definition) is 4. The van der Waals surface area contributed by atoms with Gasteiger partial charge >= 0.3 is 0 Å². The van der Waals surface area contributed by atoms with Crippen molar-refractivity contribution in [1.29, 1.82) is 0 Å². The molecule has 1 amide bonds. The van der Waals surface area contributed by atoms with Crippen LogP contribution in [0.5, 0.6) is 5.75 Å². The Bertz CT molecular complexity index is 602. The van der Waals surface area contributed by atoms with Gasteiger partial charge in [-0.3, -0.25) is 4.79 Å². The topological polar surface area (TPSA) is 75.7 Å². The highest BCUT2D eigenvalue weighted by Crippen LogP contribution is 2.19. The summed E-state index contributed by atoms with van der Waals surface area (Å²) in [5.74, 6) is 0.724. The summed E-state index contributed by atoms with van der Waals surface area (Å²) in [5, 5.41) is 0. The molecule has 0 aliphatic rings. The molecule has 0 saturated heterocycles. The SMILES string of the molecule is CCCCS(=O)(=O)NCCN(Cc1ccccc1OC)C(C)=O. The van der Waals surface area contributed by atoms with Crippen LogP contribution in [0.25, 0.3) is 0 Å². The lowest BCUT2D eigenvalue weighted by Crippen LogP contribution is -2.37. The first-order chi connectivity index (χ1) is 10.9. The van der Waals surface area contributed by atoms with Crippen LogP contribution in [-0.2, 0) is 21.4 Å². The molecule has 0 aliphatic heterocycles. The van der Waals surface area contributed by atoms with Gasteiger partial charge in [-0.2, -0.15) is 0 Å². The maximum atomic E-state index is 11.8. The third kappa shape index (κ3) is 7.00. The fourth-order valence-corrected chi connectivity index (χ4v) is 3.35. The van der Waals surface area contributed by atoms with E-state index in [9.17, 15) is 13.2 Å². The summed E-state index contributed by atoms with van der Waals surface area (Å²) >= 11 is 0. The molecule has 0 fully saturated rings. The van der Waals surface area contributed by atoms with E-state index in [0.717, 1.165) is 12.0 Å². The van der Waals surface area contributed by atoms with Crippen molar-refractivity contribution >= 4 is 15.9 Å². The number of sulfonamides is 1. The van der Waals surface area contributed by atoms with Gasteiger partial charge in [0.1, 0.15) is 5.75 Å². The Kier molecular flexibility index (Phi) is 8.05. The van der Waals surface area contributed by atoms with Crippen molar-refractivity contribution < 1.29 is 17.9 Å². The van der Waals surface area contributed by atoms with E-state index in [1.54, 1.807) is 12.0 Å². The summed E-state index contributed by atoms with van der Waals surface area (Å²) in [4.78, 5) is 13.4. The predicted molar refractivity (Wildman–Crippen MR) is 90.8 cm³/mol. The number of carbonyl (C=O) groups is 1. The fraction of sp³-hybridized carbons (Fsp3) is 0.562. The van der Waals surface area contributed by atoms with Crippen molar-refractivity contribution in [1.82, 2.24) is 9.62 Å². The molecule has 0 unspecified atom stereocenters. The van der Waals surface area contributed by atoms with Crippen molar-refractivity contribution in [2.75, 3.05) is 26.0 Å². The minimum absolute atomic E-state index is 0.108. The Morgan fingerprint density at radius 3 is 2.61 bits per heavy atom. The van der Waals surface area contributed by atoms with E-state index >= 15 is 0 Å². The smallest absolute Gasteiger partial charge is 0.219 e. The largest absolute Gasteiger partial charge is 0.496 e. The number of unbranched alkanes of at least 4 members (excludes halogenated alkanes) is 1. The standard InChI is InChI=1S/C16H26N2O4S/c1-4-5-12-23(20,21)17-10-11-18(14(2)19)13-15-8-6-7-9-16(15)22-3/h6-9,17H,4-5,10-13H2,1-3H3. The summed E-state index contributed by atoms with van der Waals surface area (Å²) in [7, 11) is -1.68. The summed E-state index contributed by atoms with van der Waals surface area (Å²) in [6.07, 6.45) is 1.46. The highest BCUT2D eigenvalue weighted by molar-refractivity contribution is 7.89. The van der Waals surface area contributed by atoms with Crippen LogP contribution in [-0.4, -0.2) is 45.2 Å². The summed E-state index contributed by atoms with van der Waals surface area (Å²) in [5.41, 5.74) is 0.888. The van der Waals surface area contributed by atoms with Crippen molar-refractivity contribution in [2.45, 2.75) is 33.2 Å². The number of ether oxygens (including phenoxy) is 1. The van der Waals surface area contributed by atoms with Gasteiger partial charge in [0.15, 0.2) is 0 Å². The van der Waals surface area contributed by atoms with Gasteiger partial charge in [-0.15, -0.1) is 0 Å². The van der Waals surface area contributed by atoms with Crippen LogP contribution in [0.3, 0.4) is 0 Å². The van der Waals surface area contributed by atoms with Crippen LogP contribution in [0.15, 0.2) is 24.3 Å². The van der Waals surface area contributed by atoms with E-state index in [-0.39, 0.29) is 18.2 Å². The van der Waals surface area contributed by atoms with E-state index < -0.39 is 10.0 Å². The molecule has 6 nitrogen and oxygen atoms in total. The molecule has 0 heterocycles. The molecule has 0 aromatic heterocycles. The van der Waals surface area contributed by atoms with Crippen LogP contribution in [0.1, 0.15) is 32.3 Å². The summed E-state index contributed by atoms with van der Waals surface area (Å²) in [6.45, 7) is 4.33. The maximum Gasteiger partial charge on any atom is 0.219 e. The van der Waals surface area contributed by atoms with Gasteiger partial charge in [0.2, 0.25) is 15.9 Å². The van der Waals surface area contributed by atoms with Gasteiger partial charge in [0, 0.05) is 32.1 Å². The van der Waals surface area contributed by atoms with E-state index in [1.165, 1.54) is 6.92 Å². The van der Waals surface area contributed by atoms with Crippen molar-refractivity contribution in [2.24, 2.45) is 0 Å². The molecule has 23 heavy (non-hydrogen) atoms. The second kappa shape index (κ2) is 9.52. The van der Waals surface area contributed by atoms with Crippen LogP contribution in [0.4, 0.5) is 0 Å². The number of para-hydroxylation sites is 1. The number of benzene rings is 1. The Labute approximate surface area is 138 Å². The molecule has 0 saturated carbocycles. The lowest BCUT2D eigenvalue weighted by atomic mass is 10.2. The molecular weight excluding hydrogens is 316 g/mol. The zero-order valence-electron chi connectivity index (χ0n) is 14.0. The molecule has 7 heteroatoms. The van der Waals surface area contributed by atoms with Crippen LogP contribution in [0, 0.1) is 0 Å². The maximum absolute atomic E-state index is 11.8. The molecule has 1 aromatic rings. The fourth-order valence-electron chi connectivity index (χ4n) is 2.13. The normalized spacial score (nSPS) is 11.3. The van der Waals surface area contributed by atoms with Gasteiger partial charge in [0.05, 0.1) is 12.9 Å². The van der Waals surface area contributed by atoms with Crippen molar-refractivity contribution in [3.8, 4) is 5.75 Å². The Hall–Kier alpha value is -1.60. The molecule has 1 aromatic carbocycles. The Morgan fingerprint density at radius 2 is 2.00 bits per heavy atom. The highest BCUT2D eigenvalue weighted by Gasteiger charge is 2.14. The van der Waals surface area contributed by atoms with Crippen LogP contribution in [0.2, 0.25) is 0 Å². The quantitative estimate of drug-likeness (QED) is 0.703. The van der Waals surface area contributed by atoms with E-state index in [1.807, 2.05) is 31.2 Å². The summed E-state index contributed by atoms with van der Waals surface area (Å²) < 4.78 is 31.4.